The molecular weight excluding hydrogens is 378 g/mol. The van der Waals surface area contributed by atoms with E-state index in [1.807, 2.05) is 20.2 Å². The maximum absolute atomic E-state index is 12.3. The second-order valence-corrected chi connectivity index (χ2v) is 8.14. The molecule has 0 spiro atoms. The van der Waals surface area contributed by atoms with Crippen LogP contribution in [0.2, 0.25) is 0 Å². The van der Waals surface area contributed by atoms with Crippen LogP contribution in [-0.4, -0.2) is 45.7 Å². The molecule has 6 heteroatoms. The summed E-state index contributed by atoms with van der Waals surface area (Å²) >= 11 is 0. The highest BCUT2D eigenvalue weighted by molar-refractivity contribution is 5.81. The van der Waals surface area contributed by atoms with Crippen LogP contribution in [0.5, 0.6) is 0 Å². The van der Waals surface area contributed by atoms with E-state index in [1.54, 1.807) is 13.8 Å². The Morgan fingerprint density at radius 1 is 1.10 bits per heavy atom. The predicted octanol–water partition coefficient (Wildman–Crippen LogP) is 3.17. The third kappa shape index (κ3) is 5.12. The standard InChI is InChI=1S/C24H31N3O3/c1-17(2)24(29)30-16-23(28)25-15-22(19-9-11-20(12-10-19)26(3)4)27-14-13-18-7-5-6-8-21(18)27/h5-12,17,22H,13-16H2,1-4H3,(H,25,28). The van der Waals surface area contributed by atoms with Crippen molar-refractivity contribution in [2.24, 2.45) is 5.92 Å². The van der Waals surface area contributed by atoms with Gasteiger partial charge in [0.25, 0.3) is 5.91 Å². The number of nitrogens with one attached hydrogen (secondary N) is 1. The summed E-state index contributed by atoms with van der Waals surface area (Å²) in [4.78, 5) is 28.3. The Morgan fingerprint density at radius 2 is 1.80 bits per heavy atom. The average molecular weight is 410 g/mol. The number of amides is 1. The Hall–Kier alpha value is -3.02. The molecule has 3 rings (SSSR count). The molecule has 6 nitrogen and oxygen atoms in total. The van der Waals surface area contributed by atoms with E-state index in [0.717, 1.165) is 24.2 Å². The minimum Gasteiger partial charge on any atom is -0.455 e. The fraction of sp³-hybridized carbons (Fsp3) is 0.417. The maximum Gasteiger partial charge on any atom is 0.308 e. The van der Waals surface area contributed by atoms with Gasteiger partial charge >= 0.3 is 5.97 Å². The Balaban J connectivity index is 1.75. The zero-order valence-electron chi connectivity index (χ0n) is 18.2. The number of ether oxygens (including phenoxy) is 1. The quantitative estimate of drug-likeness (QED) is 0.679. The molecule has 0 aromatic heterocycles. The largest absolute Gasteiger partial charge is 0.455 e. The Kier molecular flexibility index (Phi) is 6.98. The van der Waals surface area contributed by atoms with Gasteiger partial charge in [0.1, 0.15) is 0 Å². The van der Waals surface area contributed by atoms with Gasteiger partial charge in [-0.3, -0.25) is 9.59 Å². The van der Waals surface area contributed by atoms with Gasteiger partial charge in [0, 0.05) is 38.6 Å². The van der Waals surface area contributed by atoms with Crippen molar-refractivity contribution >= 4 is 23.3 Å². The number of carbonyl (C=O) groups is 2. The lowest BCUT2D eigenvalue weighted by Crippen LogP contribution is -2.39. The van der Waals surface area contributed by atoms with Crippen LogP contribution in [0.1, 0.15) is 31.0 Å². The van der Waals surface area contributed by atoms with Gasteiger partial charge in [-0.25, -0.2) is 0 Å². The zero-order valence-corrected chi connectivity index (χ0v) is 18.2. The van der Waals surface area contributed by atoms with Crippen LogP contribution in [0, 0.1) is 5.92 Å². The number of fused-ring (bicyclic) bond motifs is 1. The lowest BCUT2D eigenvalue weighted by Gasteiger charge is -2.31. The zero-order chi connectivity index (χ0) is 21.7. The average Bonchev–Trinajstić information content (AvgIpc) is 3.16. The first-order valence-electron chi connectivity index (χ1n) is 10.4. The molecule has 0 saturated carbocycles. The van der Waals surface area contributed by atoms with Crippen molar-refractivity contribution in [1.82, 2.24) is 5.32 Å². The molecule has 0 bridgehead atoms. The molecule has 1 N–H and O–H groups in total. The van der Waals surface area contributed by atoms with Crippen LogP contribution in [0.3, 0.4) is 0 Å². The van der Waals surface area contributed by atoms with Crippen LogP contribution in [0.15, 0.2) is 48.5 Å². The molecular formula is C24H31N3O3. The van der Waals surface area contributed by atoms with Crippen molar-refractivity contribution < 1.29 is 14.3 Å². The van der Waals surface area contributed by atoms with Crippen molar-refractivity contribution in [3.05, 3.63) is 59.7 Å². The van der Waals surface area contributed by atoms with Crippen LogP contribution in [0.4, 0.5) is 11.4 Å². The highest BCUT2D eigenvalue weighted by atomic mass is 16.5. The van der Waals surface area contributed by atoms with Crippen molar-refractivity contribution in [3.8, 4) is 0 Å². The molecule has 0 radical (unpaired) electrons. The van der Waals surface area contributed by atoms with Crippen LogP contribution < -0.4 is 15.1 Å². The van der Waals surface area contributed by atoms with Gasteiger partial charge in [-0.15, -0.1) is 0 Å². The third-order valence-electron chi connectivity index (χ3n) is 5.40. The molecule has 160 valence electrons. The van der Waals surface area contributed by atoms with E-state index in [0.29, 0.717) is 6.54 Å². The molecule has 1 aliphatic heterocycles. The first kappa shape index (κ1) is 21.7. The Morgan fingerprint density at radius 3 is 2.47 bits per heavy atom. The van der Waals surface area contributed by atoms with Crippen LogP contribution in [0.25, 0.3) is 0 Å². The third-order valence-corrected chi connectivity index (χ3v) is 5.40. The Labute approximate surface area is 178 Å². The number of esters is 1. The van der Waals surface area contributed by atoms with Gasteiger partial charge in [-0.2, -0.15) is 0 Å². The molecule has 30 heavy (non-hydrogen) atoms. The van der Waals surface area contributed by atoms with Gasteiger partial charge in [0.15, 0.2) is 6.61 Å². The second-order valence-electron chi connectivity index (χ2n) is 8.14. The Bertz CT molecular complexity index is 878. The summed E-state index contributed by atoms with van der Waals surface area (Å²) in [5.41, 5.74) is 4.80. The summed E-state index contributed by atoms with van der Waals surface area (Å²) in [6.45, 7) is 4.59. The summed E-state index contributed by atoms with van der Waals surface area (Å²) in [6, 6.07) is 16.8. The first-order chi connectivity index (χ1) is 14.4. The van der Waals surface area contributed by atoms with Crippen molar-refractivity contribution in [2.45, 2.75) is 26.3 Å². The molecule has 1 aliphatic rings. The number of carbonyl (C=O) groups excluding carboxylic acids is 2. The van der Waals surface area contributed by atoms with E-state index in [9.17, 15) is 9.59 Å². The smallest absolute Gasteiger partial charge is 0.308 e. The number of para-hydroxylation sites is 1. The minimum absolute atomic E-state index is 0.00499. The number of rotatable bonds is 8. The lowest BCUT2D eigenvalue weighted by atomic mass is 10.0. The van der Waals surface area contributed by atoms with E-state index >= 15 is 0 Å². The molecule has 1 amide bonds. The van der Waals surface area contributed by atoms with E-state index in [4.69, 9.17) is 4.74 Å². The summed E-state index contributed by atoms with van der Waals surface area (Å²) in [5, 5.41) is 2.95. The first-order valence-corrected chi connectivity index (χ1v) is 10.4. The molecule has 1 unspecified atom stereocenters. The number of benzene rings is 2. The normalized spacial score (nSPS) is 13.7. The van der Waals surface area contributed by atoms with Gasteiger partial charge in [0.05, 0.1) is 12.0 Å². The highest BCUT2D eigenvalue weighted by Gasteiger charge is 2.27. The highest BCUT2D eigenvalue weighted by Crippen LogP contribution is 2.35. The van der Waals surface area contributed by atoms with Crippen LogP contribution >= 0.6 is 0 Å². The van der Waals surface area contributed by atoms with E-state index < -0.39 is 0 Å². The minimum atomic E-state index is -0.366. The fourth-order valence-electron chi connectivity index (χ4n) is 3.65. The number of hydrogen-bond acceptors (Lipinski definition) is 5. The number of anilines is 2. The number of hydrogen-bond donors (Lipinski definition) is 1. The number of nitrogens with zero attached hydrogens (tertiary/aromatic N) is 2. The fourth-order valence-corrected chi connectivity index (χ4v) is 3.65. The van der Waals surface area contributed by atoms with E-state index in [-0.39, 0.29) is 30.4 Å². The van der Waals surface area contributed by atoms with E-state index in [2.05, 4.69) is 57.6 Å². The summed E-state index contributed by atoms with van der Waals surface area (Å²) in [6.07, 6.45) is 0.988. The molecule has 1 atom stereocenters. The van der Waals surface area contributed by atoms with Gasteiger partial charge in [0.2, 0.25) is 0 Å². The summed E-state index contributed by atoms with van der Waals surface area (Å²) in [7, 11) is 4.03. The predicted molar refractivity (Wildman–Crippen MR) is 120 cm³/mol. The van der Waals surface area contributed by atoms with Gasteiger partial charge in [-0.05, 0) is 35.7 Å². The molecule has 0 aliphatic carbocycles. The summed E-state index contributed by atoms with van der Waals surface area (Å²) < 4.78 is 5.06. The monoisotopic (exact) mass is 409 g/mol. The lowest BCUT2D eigenvalue weighted by molar-refractivity contribution is -0.151. The maximum atomic E-state index is 12.3. The molecule has 1 heterocycles. The molecule has 0 fully saturated rings. The van der Waals surface area contributed by atoms with E-state index in [1.165, 1.54) is 11.3 Å². The van der Waals surface area contributed by atoms with Crippen molar-refractivity contribution in [3.63, 3.8) is 0 Å². The van der Waals surface area contributed by atoms with Crippen molar-refractivity contribution in [1.29, 1.82) is 0 Å². The van der Waals surface area contributed by atoms with Gasteiger partial charge < -0.3 is 19.9 Å². The summed E-state index contributed by atoms with van der Waals surface area (Å²) in [5.74, 6) is -0.900. The topological polar surface area (TPSA) is 61.9 Å². The second kappa shape index (κ2) is 9.65. The molecule has 0 saturated heterocycles. The van der Waals surface area contributed by atoms with Gasteiger partial charge in [-0.1, -0.05) is 44.2 Å². The SMILES string of the molecule is CC(C)C(=O)OCC(=O)NCC(c1ccc(N(C)C)cc1)N1CCc2ccccc21. The molecule has 2 aromatic rings. The van der Waals surface area contributed by atoms with Crippen molar-refractivity contribution in [2.75, 3.05) is 43.6 Å². The molecule has 2 aromatic carbocycles. The van der Waals surface area contributed by atoms with Crippen LogP contribution in [-0.2, 0) is 20.7 Å².